The first kappa shape index (κ1) is 20.8. The second-order valence-electron chi connectivity index (χ2n) is 6.38. The molecule has 0 spiro atoms. The first-order chi connectivity index (χ1) is 10.9. The van der Waals surface area contributed by atoms with Crippen molar-refractivity contribution in [1.82, 2.24) is 4.72 Å². The van der Waals surface area contributed by atoms with Gasteiger partial charge in [0.1, 0.15) is 10.6 Å². The highest BCUT2D eigenvalue weighted by molar-refractivity contribution is 7.90. The molecule has 2 atom stereocenters. The van der Waals surface area contributed by atoms with Crippen LogP contribution in [0, 0.1) is 5.82 Å². The van der Waals surface area contributed by atoms with Gasteiger partial charge in [-0.05, 0) is 40.7 Å². The summed E-state index contributed by atoms with van der Waals surface area (Å²) in [4.78, 5) is 11.8. The Morgan fingerprint density at radius 1 is 1.25 bits per heavy atom. The number of hydrogen-bond donors (Lipinski definition) is 1. The van der Waals surface area contributed by atoms with Gasteiger partial charge in [-0.25, -0.2) is 9.18 Å². The molecule has 0 saturated carbocycles. The molecule has 1 N–H and O–H groups in total. The van der Waals surface area contributed by atoms with Crippen LogP contribution in [0.3, 0.4) is 0 Å². The first-order valence-corrected chi connectivity index (χ1v) is 8.52. The molecule has 24 heavy (non-hydrogen) atoms. The van der Waals surface area contributed by atoms with E-state index in [1.54, 1.807) is 20.8 Å². The number of nitrogens with one attached hydrogen (secondary N) is 1. The van der Waals surface area contributed by atoms with E-state index in [0.29, 0.717) is 0 Å². The van der Waals surface area contributed by atoms with E-state index in [0.717, 1.165) is 19.1 Å². The summed E-state index contributed by atoms with van der Waals surface area (Å²) in [5, 5.41) is 0. The summed E-state index contributed by atoms with van der Waals surface area (Å²) >= 11 is -1.99. The molecule has 0 aliphatic rings. The highest BCUT2D eigenvalue weighted by Gasteiger charge is 2.62. The highest BCUT2D eigenvalue weighted by Crippen LogP contribution is 2.41. The minimum absolute atomic E-state index is 0.260. The van der Waals surface area contributed by atoms with E-state index in [9.17, 15) is 22.5 Å². The molecule has 8 heteroatoms. The molecule has 0 heterocycles. The largest absolute Gasteiger partial charge is 0.598 e. The Morgan fingerprint density at radius 3 is 2.25 bits per heavy atom. The molecule has 1 aromatic rings. The lowest BCUT2D eigenvalue weighted by atomic mass is 9.86. The molecule has 0 fully saturated rings. The quantitative estimate of drug-likeness (QED) is 0.621. The third kappa shape index (κ3) is 4.04. The fraction of sp³-hybridized carbons (Fsp3) is 0.562. The Morgan fingerprint density at radius 2 is 1.79 bits per heavy atom. The number of benzene rings is 1. The summed E-state index contributed by atoms with van der Waals surface area (Å²) in [6.07, 6.45) is 0. The smallest absolute Gasteiger partial charge is 0.379 e. The van der Waals surface area contributed by atoms with Gasteiger partial charge in [0.25, 0.3) is 0 Å². The minimum atomic E-state index is -4.15. The molecule has 1 unspecified atom stereocenters. The molecule has 0 aromatic heterocycles. The number of rotatable bonds is 6. The normalized spacial score (nSPS) is 16.4. The number of esters is 1. The predicted molar refractivity (Wildman–Crippen MR) is 86.4 cm³/mol. The summed E-state index contributed by atoms with van der Waals surface area (Å²) in [5.41, 5.74) is -3.02. The van der Waals surface area contributed by atoms with E-state index in [2.05, 4.69) is 9.46 Å². The standard InChI is InChI=1S/C16H22F3NO3S/c1-6-23-13(21)16(18,19)15(5,20-24(22)14(2,3)4)11-9-7-8-10-12(11)17/h7-10,20H,6H2,1-5H3/t15-,24?/m1/s1. The third-order valence-corrected chi connectivity index (χ3v) is 5.13. The van der Waals surface area contributed by atoms with Crippen LogP contribution in [-0.4, -0.2) is 27.8 Å². The van der Waals surface area contributed by atoms with E-state index in [1.807, 2.05) is 0 Å². The van der Waals surface area contributed by atoms with Gasteiger partial charge in [-0.2, -0.15) is 8.78 Å². The minimum Gasteiger partial charge on any atom is -0.598 e. The summed E-state index contributed by atoms with van der Waals surface area (Å²) in [6.45, 7) is 6.77. The average molecular weight is 365 g/mol. The van der Waals surface area contributed by atoms with Gasteiger partial charge < -0.3 is 9.29 Å². The van der Waals surface area contributed by atoms with Gasteiger partial charge in [0.05, 0.1) is 6.61 Å². The molecule has 4 nitrogen and oxygen atoms in total. The van der Waals surface area contributed by atoms with E-state index < -0.39 is 44.9 Å². The van der Waals surface area contributed by atoms with Crippen molar-refractivity contribution in [3.05, 3.63) is 35.6 Å². The van der Waals surface area contributed by atoms with Gasteiger partial charge in [0, 0.05) is 16.9 Å². The van der Waals surface area contributed by atoms with Gasteiger partial charge in [-0.3, -0.25) is 0 Å². The molecular formula is C16H22F3NO3S. The Kier molecular flexibility index (Phi) is 6.35. The third-order valence-electron chi connectivity index (χ3n) is 3.43. The lowest BCUT2D eigenvalue weighted by molar-refractivity contribution is -0.183. The molecule has 0 amide bonds. The van der Waals surface area contributed by atoms with E-state index in [1.165, 1.54) is 19.1 Å². The number of hydrogen-bond acceptors (Lipinski definition) is 4. The fourth-order valence-electron chi connectivity index (χ4n) is 1.92. The van der Waals surface area contributed by atoms with Gasteiger partial charge >= 0.3 is 11.9 Å². The zero-order chi connectivity index (χ0) is 18.8. The Hall–Kier alpha value is -1.25. The monoisotopic (exact) mass is 365 g/mol. The summed E-state index contributed by atoms with van der Waals surface area (Å²) in [6, 6.07) is 4.81. The van der Waals surface area contributed by atoms with Crippen molar-refractivity contribution in [2.24, 2.45) is 0 Å². The Labute approximate surface area is 143 Å². The number of alkyl halides is 2. The number of carbonyl (C=O) groups excluding carboxylic acids is 1. The second-order valence-corrected chi connectivity index (χ2v) is 8.35. The maximum absolute atomic E-state index is 14.8. The number of halogens is 3. The Balaban J connectivity index is 3.47. The first-order valence-electron chi connectivity index (χ1n) is 7.37. The van der Waals surface area contributed by atoms with Gasteiger partial charge in [0.2, 0.25) is 0 Å². The van der Waals surface area contributed by atoms with Gasteiger partial charge in [0.15, 0.2) is 5.54 Å². The molecule has 0 bridgehead atoms. The van der Waals surface area contributed by atoms with Crippen LogP contribution < -0.4 is 4.72 Å². The Bertz CT molecular complexity index is 592. The van der Waals surface area contributed by atoms with Crippen LogP contribution >= 0.6 is 0 Å². The molecule has 1 rings (SSSR count). The van der Waals surface area contributed by atoms with Crippen molar-refractivity contribution >= 4 is 17.3 Å². The molecule has 1 aromatic carbocycles. The van der Waals surface area contributed by atoms with Gasteiger partial charge in [-0.15, -0.1) is 4.72 Å². The van der Waals surface area contributed by atoms with Crippen LogP contribution in [0.5, 0.6) is 0 Å². The molecule has 0 radical (unpaired) electrons. The van der Waals surface area contributed by atoms with Crippen LogP contribution in [0.1, 0.15) is 40.2 Å². The van der Waals surface area contributed by atoms with E-state index >= 15 is 0 Å². The summed E-state index contributed by atoms with van der Waals surface area (Å²) in [5.74, 6) is -6.90. The van der Waals surface area contributed by atoms with Crippen molar-refractivity contribution in [2.75, 3.05) is 6.61 Å². The molecule has 0 aliphatic heterocycles. The zero-order valence-corrected chi connectivity index (χ0v) is 15.1. The lowest BCUT2D eigenvalue weighted by Gasteiger charge is -2.38. The topological polar surface area (TPSA) is 61.4 Å². The fourth-order valence-corrected chi connectivity index (χ4v) is 2.83. The maximum Gasteiger partial charge on any atom is 0.379 e. The van der Waals surface area contributed by atoms with Gasteiger partial charge in [-0.1, -0.05) is 18.2 Å². The molecule has 0 saturated heterocycles. The van der Waals surface area contributed by atoms with Crippen molar-refractivity contribution in [1.29, 1.82) is 0 Å². The summed E-state index contributed by atoms with van der Waals surface area (Å²) < 4.78 is 62.0. The maximum atomic E-state index is 14.8. The number of carbonyl (C=O) groups is 1. The second kappa shape index (κ2) is 7.33. The average Bonchev–Trinajstić information content (AvgIpc) is 2.46. The molecule has 0 aliphatic carbocycles. The SMILES string of the molecule is CCOC(=O)C(F)(F)[C@](C)(N[S+]([O-])C(C)(C)C)c1ccccc1F. The van der Waals surface area contributed by atoms with Crippen molar-refractivity contribution < 1.29 is 27.3 Å². The van der Waals surface area contributed by atoms with Crippen LogP contribution in [0.4, 0.5) is 13.2 Å². The highest BCUT2D eigenvalue weighted by atomic mass is 32.2. The summed E-state index contributed by atoms with van der Waals surface area (Å²) in [7, 11) is 0. The zero-order valence-electron chi connectivity index (χ0n) is 14.3. The van der Waals surface area contributed by atoms with Crippen molar-refractivity contribution in [2.45, 2.75) is 50.8 Å². The van der Waals surface area contributed by atoms with Crippen LogP contribution in [0.25, 0.3) is 0 Å². The number of ether oxygens (including phenoxy) is 1. The van der Waals surface area contributed by atoms with Crippen molar-refractivity contribution in [3.63, 3.8) is 0 Å². The predicted octanol–water partition coefficient (Wildman–Crippen LogP) is 3.29. The molecule has 136 valence electrons. The van der Waals surface area contributed by atoms with E-state index in [-0.39, 0.29) is 6.61 Å². The van der Waals surface area contributed by atoms with Crippen molar-refractivity contribution in [3.8, 4) is 0 Å². The van der Waals surface area contributed by atoms with E-state index in [4.69, 9.17) is 0 Å². The van der Waals surface area contributed by atoms with Crippen LogP contribution in [-0.2, 0) is 26.4 Å². The lowest BCUT2D eigenvalue weighted by Crippen LogP contribution is -2.62. The van der Waals surface area contributed by atoms with Crippen LogP contribution in [0.2, 0.25) is 0 Å². The molecular weight excluding hydrogens is 343 g/mol. The van der Waals surface area contributed by atoms with Crippen LogP contribution in [0.15, 0.2) is 24.3 Å².